The lowest BCUT2D eigenvalue weighted by Crippen LogP contribution is -2.48. The van der Waals surface area contributed by atoms with Crippen LogP contribution < -0.4 is 5.32 Å². The van der Waals surface area contributed by atoms with Gasteiger partial charge in [-0.25, -0.2) is 4.79 Å². The van der Waals surface area contributed by atoms with Crippen molar-refractivity contribution >= 4 is 40.3 Å². The maximum absolute atomic E-state index is 11.5. The van der Waals surface area contributed by atoms with Gasteiger partial charge in [-0.1, -0.05) is 37.3 Å². The van der Waals surface area contributed by atoms with Gasteiger partial charge in [-0.15, -0.1) is 0 Å². The Bertz CT molecular complexity index is 307. The van der Waals surface area contributed by atoms with Crippen LogP contribution in [0.2, 0.25) is 0 Å². The number of carbonyl (C=O) groups excluding carboxylic acids is 2. The van der Waals surface area contributed by atoms with E-state index >= 15 is 0 Å². The van der Waals surface area contributed by atoms with Gasteiger partial charge in [0.25, 0.3) is 0 Å². The summed E-state index contributed by atoms with van der Waals surface area (Å²) in [5.74, 6) is 0.261. The number of nitrogens with zero attached hydrogens (tertiary/aromatic N) is 1. The van der Waals surface area contributed by atoms with E-state index in [1.807, 2.05) is 6.92 Å². The van der Waals surface area contributed by atoms with E-state index in [4.69, 9.17) is 17.0 Å². The molecule has 0 aromatic heterocycles. The molecule has 5 nitrogen and oxygen atoms in total. The second kappa shape index (κ2) is 6.80. The van der Waals surface area contributed by atoms with Gasteiger partial charge >= 0.3 is 6.09 Å². The SMILES string of the molecule is CCCCOC(=O)NC(C)N1C(=O)CSC1=S. The van der Waals surface area contributed by atoms with Crippen molar-refractivity contribution in [3.63, 3.8) is 0 Å². The number of thiocarbonyl (C=S) groups is 1. The standard InChI is InChI=1S/C10H16N2O3S2/c1-3-4-5-15-9(14)11-7(2)12-8(13)6-17-10(12)16/h7H,3-6H2,1-2H3,(H,11,14). The normalized spacial score (nSPS) is 17.2. The third-order valence-corrected chi connectivity index (χ3v) is 3.61. The predicted octanol–water partition coefficient (Wildman–Crippen LogP) is 1.72. The minimum Gasteiger partial charge on any atom is -0.450 e. The summed E-state index contributed by atoms with van der Waals surface area (Å²) >= 11 is 6.33. The number of thioether (sulfide) groups is 1. The Morgan fingerprint density at radius 2 is 2.41 bits per heavy atom. The van der Waals surface area contributed by atoms with Gasteiger partial charge in [-0.3, -0.25) is 9.69 Å². The Morgan fingerprint density at radius 1 is 1.71 bits per heavy atom. The van der Waals surface area contributed by atoms with Crippen LogP contribution in [-0.2, 0) is 9.53 Å². The third-order valence-electron chi connectivity index (χ3n) is 2.23. The summed E-state index contributed by atoms with van der Waals surface area (Å²) in [5.41, 5.74) is 0. The lowest BCUT2D eigenvalue weighted by atomic mass is 10.4. The van der Waals surface area contributed by atoms with E-state index in [-0.39, 0.29) is 5.91 Å². The molecular formula is C10H16N2O3S2. The van der Waals surface area contributed by atoms with Crippen molar-refractivity contribution in [3.05, 3.63) is 0 Å². The quantitative estimate of drug-likeness (QED) is 0.612. The highest BCUT2D eigenvalue weighted by atomic mass is 32.2. The van der Waals surface area contributed by atoms with Gasteiger partial charge in [-0.2, -0.15) is 0 Å². The second-order valence-corrected chi connectivity index (χ2v) is 5.24. The summed E-state index contributed by atoms with van der Waals surface area (Å²) in [4.78, 5) is 24.3. The summed E-state index contributed by atoms with van der Waals surface area (Å²) in [6, 6.07) is 0. The summed E-state index contributed by atoms with van der Waals surface area (Å²) < 4.78 is 5.44. The fraction of sp³-hybridized carbons (Fsp3) is 0.700. The molecule has 1 fully saturated rings. The Balaban J connectivity index is 2.37. The zero-order chi connectivity index (χ0) is 12.8. The number of nitrogens with one attached hydrogen (secondary N) is 1. The van der Waals surface area contributed by atoms with Crippen molar-refractivity contribution in [3.8, 4) is 0 Å². The Morgan fingerprint density at radius 3 is 2.94 bits per heavy atom. The average molecular weight is 276 g/mol. The predicted molar refractivity (Wildman–Crippen MR) is 70.8 cm³/mol. The van der Waals surface area contributed by atoms with E-state index in [1.54, 1.807) is 6.92 Å². The molecule has 7 heteroatoms. The van der Waals surface area contributed by atoms with E-state index in [9.17, 15) is 9.59 Å². The van der Waals surface area contributed by atoms with Gasteiger partial charge in [0.2, 0.25) is 5.91 Å². The smallest absolute Gasteiger partial charge is 0.408 e. The molecule has 0 aliphatic carbocycles. The molecule has 0 radical (unpaired) electrons. The number of amides is 2. The van der Waals surface area contributed by atoms with Crippen molar-refractivity contribution in [2.75, 3.05) is 12.4 Å². The molecule has 1 aliphatic heterocycles. The summed E-state index contributed by atoms with van der Waals surface area (Å²) in [6.45, 7) is 4.11. The topological polar surface area (TPSA) is 58.6 Å². The largest absolute Gasteiger partial charge is 0.450 e. The lowest BCUT2D eigenvalue weighted by Gasteiger charge is -2.23. The number of alkyl carbamates (subject to hydrolysis) is 1. The molecular weight excluding hydrogens is 260 g/mol. The molecule has 1 N–H and O–H groups in total. The fourth-order valence-corrected chi connectivity index (χ4v) is 2.55. The number of unbranched alkanes of at least 4 members (excludes halogenated alkanes) is 1. The molecule has 1 rings (SSSR count). The van der Waals surface area contributed by atoms with E-state index < -0.39 is 12.3 Å². The van der Waals surface area contributed by atoms with Crippen LogP contribution >= 0.6 is 24.0 Å². The maximum atomic E-state index is 11.5. The summed E-state index contributed by atoms with van der Waals surface area (Å²) in [6.07, 6.45) is 0.824. The first-order valence-corrected chi connectivity index (χ1v) is 6.87. The Hall–Kier alpha value is -0.820. The lowest BCUT2D eigenvalue weighted by molar-refractivity contribution is -0.125. The number of carbonyl (C=O) groups is 2. The van der Waals surface area contributed by atoms with Gasteiger partial charge in [0.1, 0.15) is 10.5 Å². The molecule has 1 heterocycles. The molecule has 0 saturated carbocycles. The molecule has 1 unspecified atom stereocenters. The van der Waals surface area contributed by atoms with Crippen LogP contribution in [0, 0.1) is 0 Å². The van der Waals surface area contributed by atoms with Crippen molar-refractivity contribution in [1.82, 2.24) is 10.2 Å². The minimum atomic E-state index is -0.515. The second-order valence-electron chi connectivity index (χ2n) is 3.63. The molecule has 0 bridgehead atoms. The fourth-order valence-electron chi connectivity index (χ4n) is 1.32. The minimum absolute atomic E-state index is 0.0821. The number of ether oxygens (including phenoxy) is 1. The molecule has 96 valence electrons. The van der Waals surface area contributed by atoms with Crippen molar-refractivity contribution in [2.24, 2.45) is 0 Å². The summed E-state index contributed by atoms with van der Waals surface area (Å²) in [7, 11) is 0. The maximum Gasteiger partial charge on any atom is 0.408 e. The first-order valence-electron chi connectivity index (χ1n) is 5.48. The monoisotopic (exact) mass is 276 g/mol. The molecule has 0 aromatic carbocycles. The van der Waals surface area contributed by atoms with Crippen molar-refractivity contribution in [2.45, 2.75) is 32.9 Å². The van der Waals surface area contributed by atoms with Gasteiger partial charge in [0.05, 0.1) is 12.4 Å². The van der Waals surface area contributed by atoms with Gasteiger partial charge in [0, 0.05) is 0 Å². The van der Waals surface area contributed by atoms with Crippen LogP contribution in [0.5, 0.6) is 0 Å². The van der Waals surface area contributed by atoms with Crippen LogP contribution in [0.15, 0.2) is 0 Å². The third kappa shape index (κ3) is 4.16. The zero-order valence-corrected chi connectivity index (χ0v) is 11.5. The molecule has 0 aromatic rings. The number of rotatable bonds is 5. The summed E-state index contributed by atoms with van der Waals surface area (Å²) in [5, 5.41) is 2.58. The van der Waals surface area contributed by atoms with Crippen LogP contribution in [0.4, 0.5) is 4.79 Å². The molecule has 17 heavy (non-hydrogen) atoms. The Labute approximate surface area is 110 Å². The van der Waals surface area contributed by atoms with Crippen LogP contribution in [-0.4, -0.2) is 39.7 Å². The van der Waals surface area contributed by atoms with Crippen LogP contribution in [0.1, 0.15) is 26.7 Å². The highest BCUT2D eigenvalue weighted by Crippen LogP contribution is 2.20. The van der Waals surface area contributed by atoms with E-state index in [2.05, 4.69) is 5.32 Å². The van der Waals surface area contributed by atoms with Crippen molar-refractivity contribution in [1.29, 1.82) is 0 Å². The molecule has 1 saturated heterocycles. The molecule has 1 atom stereocenters. The van der Waals surface area contributed by atoms with E-state index in [0.29, 0.717) is 16.7 Å². The molecule has 2 amide bonds. The average Bonchev–Trinajstić information content (AvgIpc) is 2.58. The van der Waals surface area contributed by atoms with Crippen LogP contribution in [0.25, 0.3) is 0 Å². The number of hydrogen-bond donors (Lipinski definition) is 1. The molecule has 1 aliphatic rings. The highest BCUT2D eigenvalue weighted by Gasteiger charge is 2.31. The Kier molecular flexibility index (Phi) is 5.70. The highest BCUT2D eigenvalue weighted by molar-refractivity contribution is 8.23. The van der Waals surface area contributed by atoms with Gasteiger partial charge in [0.15, 0.2) is 0 Å². The van der Waals surface area contributed by atoms with E-state index in [1.165, 1.54) is 16.7 Å². The van der Waals surface area contributed by atoms with Crippen molar-refractivity contribution < 1.29 is 14.3 Å². The molecule has 0 spiro atoms. The first-order chi connectivity index (χ1) is 8.06. The van der Waals surface area contributed by atoms with Gasteiger partial charge < -0.3 is 10.1 Å². The van der Waals surface area contributed by atoms with Gasteiger partial charge in [-0.05, 0) is 13.3 Å². The zero-order valence-electron chi connectivity index (χ0n) is 9.89. The van der Waals surface area contributed by atoms with Crippen LogP contribution in [0.3, 0.4) is 0 Å². The first kappa shape index (κ1) is 14.2. The van der Waals surface area contributed by atoms with E-state index in [0.717, 1.165) is 12.8 Å². The number of hydrogen-bond acceptors (Lipinski definition) is 5.